The molecule has 0 radical (unpaired) electrons. The van der Waals surface area contributed by atoms with Gasteiger partial charge in [-0.15, -0.1) is 11.6 Å². The van der Waals surface area contributed by atoms with Gasteiger partial charge in [0.15, 0.2) is 0 Å². The molecular formula is C17H26ClN. The highest BCUT2D eigenvalue weighted by Crippen LogP contribution is 2.47. The molecule has 106 valence electrons. The molecule has 1 atom stereocenters. The molecule has 0 aromatic heterocycles. The van der Waals surface area contributed by atoms with Gasteiger partial charge in [0.25, 0.3) is 0 Å². The average molecular weight is 280 g/mol. The Labute approximate surface area is 123 Å². The number of rotatable bonds is 4. The molecule has 0 N–H and O–H groups in total. The lowest BCUT2D eigenvalue weighted by atomic mass is 9.84. The van der Waals surface area contributed by atoms with Crippen molar-refractivity contribution >= 4 is 17.3 Å². The molecule has 1 aromatic rings. The lowest BCUT2D eigenvalue weighted by Gasteiger charge is -2.48. The van der Waals surface area contributed by atoms with Gasteiger partial charge in [-0.2, -0.15) is 0 Å². The second-order valence-electron chi connectivity index (χ2n) is 6.68. The van der Waals surface area contributed by atoms with E-state index in [2.05, 4.69) is 56.9 Å². The molecule has 0 amide bonds. The Hall–Kier alpha value is -0.690. The van der Waals surface area contributed by atoms with Crippen LogP contribution in [0.5, 0.6) is 0 Å². The van der Waals surface area contributed by atoms with Gasteiger partial charge in [-0.25, -0.2) is 0 Å². The molecule has 2 rings (SSSR count). The van der Waals surface area contributed by atoms with E-state index in [1.54, 1.807) is 0 Å². The summed E-state index contributed by atoms with van der Waals surface area (Å²) in [6.45, 7) is 9.28. The van der Waals surface area contributed by atoms with Gasteiger partial charge < -0.3 is 4.90 Å². The number of hydrogen-bond donors (Lipinski definition) is 0. The first-order chi connectivity index (χ1) is 8.94. The molecule has 2 heteroatoms. The summed E-state index contributed by atoms with van der Waals surface area (Å²) in [5.74, 6) is 0.760. The Balaban J connectivity index is 2.45. The lowest BCUT2D eigenvalue weighted by Crippen LogP contribution is -2.55. The smallest absolute Gasteiger partial charge is 0.0446 e. The minimum atomic E-state index is 0.148. The summed E-state index contributed by atoms with van der Waals surface area (Å²) in [5.41, 5.74) is 3.31. The Morgan fingerprint density at radius 2 is 1.95 bits per heavy atom. The van der Waals surface area contributed by atoms with Crippen LogP contribution in [0.25, 0.3) is 0 Å². The predicted molar refractivity (Wildman–Crippen MR) is 85.4 cm³/mol. The first kappa shape index (κ1) is 14.7. The van der Waals surface area contributed by atoms with Crippen molar-refractivity contribution in [3.05, 3.63) is 29.8 Å². The molecule has 19 heavy (non-hydrogen) atoms. The Bertz CT molecular complexity index is 435. The van der Waals surface area contributed by atoms with E-state index in [1.807, 2.05) is 0 Å². The number of halogens is 1. The molecule has 1 aromatic carbocycles. The van der Waals surface area contributed by atoms with Gasteiger partial charge in [0.2, 0.25) is 0 Å². The van der Waals surface area contributed by atoms with E-state index in [9.17, 15) is 0 Å². The second-order valence-corrected chi connectivity index (χ2v) is 7.06. The van der Waals surface area contributed by atoms with Crippen LogP contribution in [0.1, 0.15) is 52.5 Å². The number of alkyl halides is 1. The summed E-state index contributed by atoms with van der Waals surface area (Å²) >= 11 is 5.95. The maximum absolute atomic E-state index is 5.95. The fraction of sp³-hybridized carbons (Fsp3) is 0.647. The molecular weight excluding hydrogens is 254 g/mol. The van der Waals surface area contributed by atoms with Crippen LogP contribution in [0.2, 0.25) is 0 Å². The molecule has 0 bridgehead atoms. The van der Waals surface area contributed by atoms with Gasteiger partial charge in [0.05, 0.1) is 0 Å². The van der Waals surface area contributed by atoms with Crippen LogP contribution in [0, 0.1) is 0 Å². The van der Waals surface area contributed by atoms with Crippen molar-refractivity contribution in [3.63, 3.8) is 0 Å². The van der Waals surface area contributed by atoms with Crippen LogP contribution in [0.15, 0.2) is 24.3 Å². The van der Waals surface area contributed by atoms with Crippen LogP contribution in [0.4, 0.5) is 5.69 Å². The fourth-order valence-corrected chi connectivity index (χ4v) is 3.83. The molecule has 1 nitrogen and oxygen atoms in total. The van der Waals surface area contributed by atoms with E-state index >= 15 is 0 Å². The highest BCUT2D eigenvalue weighted by Gasteiger charge is 2.46. The van der Waals surface area contributed by atoms with E-state index in [1.165, 1.54) is 24.1 Å². The number of nitrogens with zero attached hydrogens (tertiary/aromatic N) is 1. The number of benzene rings is 1. The second kappa shape index (κ2) is 5.36. The molecule has 0 saturated heterocycles. The zero-order chi connectivity index (χ0) is 14.1. The molecule has 0 fully saturated rings. The monoisotopic (exact) mass is 279 g/mol. The number of anilines is 1. The Morgan fingerprint density at radius 3 is 2.53 bits per heavy atom. The SMILES string of the molecule is CCC1(CCCCl)Cc2ccccc2N1C(C)(C)C. The molecule has 1 aliphatic rings. The van der Waals surface area contributed by atoms with Crippen molar-refractivity contribution in [1.82, 2.24) is 0 Å². The van der Waals surface area contributed by atoms with Crippen LogP contribution in [-0.4, -0.2) is 17.0 Å². The zero-order valence-electron chi connectivity index (χ0n) is 12.7. The average Bonchev–Trinajstić information content (AvgIpc) is 2.70. The van der Waals surface area contributed by atoms with Gasteiger partial charge in [-0.3, -0.25) is 0 Å². The summed E-state index contributed by atoms with van der Waals surface area (Å²) in [6.07, 6.45) is 4.61. The first-order valence-electron chi connectivity index (χ1n) is 7.39. The van der Waals surface area contributed by atoms with Crippen molar-refractivity contribution in [1.29, 1.82) is 0 Å². The fourth-order valence-electron chi connectivity index (χ4n) is 3.70. The minimum absolute atomic E-state index is 0.148. The summed E-state index contributed by atoms with van der Waals surface area (Å²) in [4.78, 5) is 2.65. The third kappa shape index (κ3) is 2.63. The standard InChI is InChI=1S/C17H26ClN/c1-5-17(11-8-12-18)13-14-9-6-7-10-15(14)19(17)16(2,3)4/h6-7,9-10H,5,8,11-13H2,1-4H3. The van der Waals surface area contributed by atoms with E-state index in [-0.39, 0.29) is 11.1 Å². The summed E-state index contributed by atoms with van der Waals surface area (Å²) < 4.78 is 0. The number of fused-ring (bicyclic) bond motifs is 1. The quantitative estimate of drug-likeness (QED) is 0.700. The minimum Gasteiger partial charge on any atom is -0.360 e. The van der Waals surface area contributed by atoms with Gasteiger partial charge in [0.1, 0.15) is 0 Å². The van der Waals surface area contributed by atoms with Crippen molar-refractivity contribution in [2.75, 3.05) is 10.8 Å². The third-order valence-electron chi connectivity index (χ3n) is 4.33. The van der Waals surface area contributed by atoms with Gasteiger partial charge in [-0.1, -0.05) is 25.1 Å². The van der Waals surface area contributed by atoms with Gasteiger partial charge in [-0.05, 0) is 58.1 Å². The molecule has 1 unspecified atom stereocenters. The predicted octanol–water partition coefficient (Wildman–Crippen LogP) is 5.02. The summed E-state index contributed by atoms with van der Waals surface area (Å²) in [6, 6.07) is 8.88. The summed E-state index contributed by atoms with van der Waals surface area (Å²) in [5, 5.41) is 0. The van der Waals surface area contributed by atoms with Crippen LogP contribution in [-0.2, 0) is 6.42 Å². The normalized spacial score (nSPS) is 22.7. The molecule has 0 aliphatic carbocycles. The van der Waals surface area contributed by atoms with Crippen molar-refractivity contribution in [3.8, 4) is 0 Å². The lowest BCUT2D eigenvalue weighted by molar-refractivity contribution is 0.298. The van der Waals surface area contributed by atoms with E-state index in [4.69, 9.17) is 11.6 Å². The molecule has 0 saturated carbocycles. The van der Waals surface area contributed by atoms with E-state index in [0.717, 1.165) is 18.7 Å². The highest BCUT2D eigenvalue weighted by atomic mass is 35.5. The third-order valence-corrected chi connectivity index (χ3v) is 4.60. The van der Waals surface area contributed by atoms with Crippen molar-refractivity contribution in [2.45, 2.75) is 64.5 Å². The van der Waals surface area contributed by atoms with Gasteiger partial charge in [0, 0.05) is 22.6 Å². The van der Waals surface area contributed by atoms with Crippen molar-refractivity contribution < 1.29 is 0 Å². The Morgan fingerprint density at radius 1 is 1.26 bits per heavy atom. The molecule has 1 aliphatic heterocycles. The van der Waals surface area contributed by atoms with Gasteiger partial charge >= 0.3 is 0 Å². The largest absolute Gasteiger partial charge is 0.360 e. The zero-order valence-corrected chi connectivity index (χ0v) is 13.4. The van der Waals surface area contributed by atoms with E-state index in [0.29, 0.717) is 0 Å². The number of hydrogen-bond acceptors (Lipinski definition) is 1. The Kier molecular flexibility index (Phi) is 4.15. The molecule has 0 spiro atoms. The maximum Gasteiger partial charge on any atom is 0.0446 e. The number of para-hydroxylation sites is 1. The van der Waals surface area contributed by atoms with Crippen LogP contribution < -0.4 is 4.90 Å². The van der Waals surface area contributed by atoms with Crippen LogP contribution >= 0.6 is 11.6 Å². The molecule has 1 heterocycles. The first-order valence-corrected chi connectivity index (χ1v) is 7.92. The summed E-state index contributed by atoms with van der Waals surface area (Å²) in [7, 11) is 0. The topological polar surface area (TPSA) is 3.24 Å². The van der Waals surface area contributed by atoms with E-state index < -0.39 is 0 Å². The van der Waals surface area contributed by atoms with Crippen molar-refractivity contribution in [2.24, 2.45) is 0 Å². The highest BCUT2D eigenvalue weighted by molar-refractivity contribution is 6.17. The van der Waals surface area contributed by atoms with Crippen LogP contribution in [0.3, 0.4) is 0 Å². The maximum atomic E-state index is 5.95.